The van der Waals surface area contributed by atoms with Gasteiger partial charge in [0.1, 0.15) is 12.5 Å². The Morgan fingerprint density at radius 3 is 2.68 bits per heavy atom. The molecular formula is C15H15N7O3. The van der Waals surface area contributed by atoms with Gasteiger partial charge in [0, 0.05) is 6.54 Å². The standard InChI is InChI=1S/C15H15N7O3/c1-2-20-9-12(22(24)25)13(18-20)14(23)17-15-16-10-21(19-15)8-11-6-4-3-5-7-11/h3-7,9-10H,2,8H2,1H3,(H,17,19,23). The zero-order chi connectivity index (χ0) is 17.8. The molecule has 2 aromatic heterocycles. The molecule has 1 N–H and O–H groups in total. The van der Waals surface area contributed by atoms with Crippen LogP contribution in [0.2, 0.25) is 0 Å². The van der Waals surface area contributed by atoms with Gasteiger partial charge in [-0.25, -0.2) is 9.67 Å². The number of anilines is 1. The number of aromatic nitrogens is 5. The Balaban J connectivity index is 1.74. The summed E-state index contributed by atoms with van der Waals surface area (Å²) in [6.07, 6.45) is 2.69. The smallest absolute Gasteiger partial charge is 0.287 e. The van der Waals surface area contributed by atoms with Crippen LogP contribution in [0.25, 0.3) is 0 Å². The zero-order valence-corrected chi connectivity index (χ0v) is 13.4. The summed E-state index contributed by atoms with van der Waals surface area (Å²) in [5.74, 6) is -0.669. The Morgan fingerprint density at radius 1 is 1.24 bits per heavy atom. The van der Waals surface area contributed by atoms with Crippen molar-refractivity contribution in [2.24, 2.45) is 0 Å². The summed E-state index contributed by atoms with van der Waals surface area (Å²) < 4.78 is 2.89. The van der Waals surface area contributed by atoms with E-state index in [9.17, 15) is 14.9 Å². The predicted octanol–water partition coefficient (Wildman–Crippen LogP) is 1.70. The number of hydrogen-bond donors (Lipinski definition) is 1. The summed E-state index contributed by atoms with van der Waals surface area (Å²) >= 11 is 0. The molecule has 0 spiro atoms. The highest BCUT2D eigenvalue weighted by molar-refractivity contribution is 6.04. The van der Waals surface area contributed by atoms with Crippen LogP contribution in [0.3, 0.4) is 0 Å². The zero-order valence-electron chi connectivity index (χ0n) is 13.4. The first-order valence-electron chi connectivity index (χ1n) is 7.53. The molecule has 0 aliphatic rings. The van der Waals surface area contributed by atoms with Gasteiger partial charge in [0.25, 0.3) is 5.91 Å². The van der Waals surface area contributed by atoms with E-state index in [1.165, 1.54) is 17.2 Å². The third-order valence-electron chi connectivity index (χ3n) is 3.43. The van der Waals surface area contributed by atoms with Crippen LogP contribution < -0.4 is 5.32 Å². The van der Waals surface area contributed by atoms with Crippen LogP contribution in [-0.2, 0) is 13.1 Å². The van der Waals surface area contributed by atoms with Gasteiger partial charge in [-0.2, -0.15) is 5.10 Å². The lowest BCUT2D eigenvalue weighted by atomic mass is 10.2. The first-order valence-corrected chi connectivity index (χ1v) is 7.53. The molecule has 0 unspecified atom stereocenters. The Bertz CT molecular complexity index is 901. The Labute approximate surface area is 142 Å². The van der Waals surface area contributed by atoms with Gasteiger partial charge in [0.05, 0.1) is 11.5 Å². The highest BCUT2D eigenvalue weighted by Gasteiger charge is 2.26. The summed E-state index contributed by atoms with van der Waals surface area (Å²) in [6.45, 7) is 2.68. The quantitative estimate of drug-likeness (QED) is 0.538. The molecule has 0 aliphatic carbocycles. The summed E-state index contributed by atoms with van der Waals surface area (Å²) in [6, 6.07) is 9.64. The second-order valence-corrected chi connectivity index (χ2v) is 5.18. The van der Waals surface area contributed by atoms with Crippen LogP contribution in [0.5, 0.6) is 0 Å². The van der Waals surface area contributed by atoms with E-state index in [0.29, 0.717) is 13.1 Å². The van der Waals surface area contributed by atoms with E-state index >= 15 is 0 Å². The molecule has 0 aliphatic heterocycles. The minimum Gasteiger partial charge on any atom is -0.287 e. The Hall–Kier alpha value is -3.56. The van der Waals surface area contributed by atoms with Crippen LogP contribution in [-0.4, -0.2) is 35.4 Å². The van der Waals surface area contributed by atoms with Crippen molar-refractivity contribution in [1.82, 2.24) is 24.5 Å². The summed E-state index contributed by atoms with van der Waals surface area (Å²) in [5.41, 5.74) is 0.400. The van der Waals surface area contributed by atoms with Gasteiger partial charge in [-0.15, -0.1) is 5.10 Å². The van der Waals surface area contributed by atoms with Crippen molar-refractivity contribution in [3.05, 3.63) is 64.2 Å². The Morgan fingerprint density at radius 2 is 2.00 bits per heavy atom. The van der Waals surface area contributed by atoms with E-state index in [4.69, 9.17) is 0 Å². The topological polar surface area (TPSA) is 121 Å². The number of aryl methyl sites for hydroxylation is 1. The molecule has 0 saturated carbocycles. The second-order valence-electron chi connectivity index (χ2n) is 5.18. The number of nitrogens with zero attached hydrogens (tertiary/aromatic N) is 6. The fourth-order valence-electron chi connectivity index (χ4n) is 2.23. The highest BCUT2D eigenvalue weighted by Crippen LogP contribution is 2.17. The van der Waals surface area contributed by atoms with E-state index in [-0.39, 0.29) is 17.3 Å². The van der Waals surface area contributed by atoms with E-state index < -0.39 is 10.8 Å². The molecule has 0 fully saturated rings. The van der Waals surface area contributed by atoms with Gasteiger partial charge in [-0.3, -0.25) is 24.9 Å². The van der Waals surface area contributed by atoms with Crippen LogP contribution in [0, 0.1) is 10.1 Å². The number of carbonyl (C=O) groups is 1. The van der Waals surface area contributed by atoms with Gasteiger partial charge in [0.15, 0.2) is 0 Å². The summed E-state index contributed by atoms with van der Waals surface area (Å²) in [4.78, 5) is 26.7. The molecule has 2 heterocycles. The molecule has 1 amide bonds. The van der Waals surface area contributed by atoms with Gasteiger partial charge >= 0.3 is 5.69 Å². The molecule has 1 aromatic carbocycles. The number of nitrogens with one attached hydrogen (secondary N) is 1. The maximum atomic E-state index is 12.3. The average Bonchev–Trinajstić information content (AvgIpc) is 3.22. The third-order valence-corrected chi connectivity index (χ3v) is 3.43. The van der Waals surface area contributed by atoms with Crippen molar-refractivity contribution >= 4 is 17.5 Å². The number of nitro groups is 1. The molecule has 0 saturated heterocycles. The van der Waals surface area contributed by atoms with E-state index in [0.717, 1.165) is 5.56 Å². The monoisotopic (exact) mass is 341 g/mol. The molecule has 128 valence electrons. The van der Waals surface area contributed by atoms with Crippen molar-refractivity contribution in [1.29, 1.82) is 0 Å². The summed E-state index contributed by atoms with van der Waals surface area (Å²) in [7, 11) is 0. The van der Waals surface area contributed by atoms with Crippen molar-refractivity contribution in [2.75, 3.05) is 5.32 Å². The first-order chi connectivity index (χ1) is 12.1. The van der Waals surface area contributed by atoms with Crippen molar-refractivity contribution in [3.63, 3.8) is 0 Å². The second kappa shape index (κ2) is 6.91. The lowest BCUT2D eigenvalue weighted by Crippen LogP contribution is -2.16. The minimum absolute atomic E-state index is 0.0567. The number of amides is 1. The van der Waals surface area contributed by atoms with Crippen LogP contribution in [0.15, 0.2) is 42.9 Å². The van der Waals surface area contributed by atoms with Crippen LogP contribution >= 0.6 is 0 Å². The third kappa shape index (κ3) is 3.68. The van der Waals surface area contributed by atoms with E-state index in [1.807, 2.05) is 30.3 Å². The van der Waals surface area contributed by atoms with E-state index in [2.05, 4.69) is 20.5 Å². The average molecular weight is 341 g/mol. The van der Waals surface area contributed by atoms with Gasteiger partial charge in [-0.05, 0) is 12.5 Å². The minimum atomic E-state index is -0.726. The molecular weight excluding hydrogens is 326 g/mol. The molecule has 3 rings (SSSR count). The normalized spacial score (nSPS) is 10.6. The molecule has 0 radical (unpaired) electrons. The Kier molecular flexibility index (Phi) is 4.50. The fraction of sp³-hybridized carbons (Fsp3) is 0.200. The lowest BCUT2D eigenvalue weighted by Gasteiger charge is -2.00. The molecule has 10 heteroatoms. The highest BCUT2D eigenvalue weighted by atomic mass is 16.6. The molecule has 0 bridgehead atoms. The molecule has 0 atom stereocenters. The van der Waals surface area contributed by atoms with Crippen molar-refractivity contribution < 1.29 is 9.72 Å². The number of rotatable bonds is 6. The fourth-order valence-corrected chi connectivity index (χ4v) is 2.23. The maximum absolute atomic E-state index is 12.3. The van der Waals surface area contributed by atoms with Gasteiger partial charge < -0.3 is 0 Å². The van der Waals surface area contributed by atoms with Crippen LogP contribution in [0.1, 0.15) is 23.0 Å². The maximum Gasteiger partial charge on any atom is 0.320 e. The molecule has 25 heavy (non-hydrogen) atoms. The predicted molar refractivity (Wildman–Crippen MR) is 88.1 cm³/mol. The largest absolute Gasteiger partial charge is 0.320 e. The van der Waals surface area contributed by atoms with Crippen molar-refractivity contribution in [3.8, 4) is 0 Å². The first kappa shape index (κ1) is 16.3. The number of benzene rings is 1. The van der Waals surface area contributed by atoms with Gasteiger partial charge in [0.2, 0.25) is 11.6 Å². The molecule has 3 aromatic rings. The van der Waals surface area contributed by atoms with Crippen molar-refractivity contribution in [2.45, 2.75) is 20.0 Å². The summed E-state index contributed by atoms with van der Waals surface area (Å²) in [5, 5.41) is 21.5. The number of hydrogen-bond acceptors (Lipinski definition) is 6. The lowest BCUT2D eigenvalue weighted by molar-refractivity contribution is -0.385. The van der Waals surface area contributed by atoms with Crippen LogP contribution in [0.4, 0.5) is 11.6 Å². The van der Waals surface area contributed by atoms with Gasteiger partial charge in [-0.1, -0.05) is 30.3 Å². The SMILES string of the molecule is CCn1cc([N+](=O)[O-])c(C(=O)Nc2ncn(Cc3ccccc3)n2)n1. The van der Waals surface area contributed by atoms with E-state index in [1.54, 1.807) is 11.6 Å². The molecule has 10 nitrogen and oxygen atoms in total. The number of carbonyl (C=O) groups excluding carboxylic acids is 1.